The number of allylic oxidation sites excluding steroid dienone is 5. The van der Waals surface area contributed by atoms with Crippen molar-refractivity contribution < 1.29 is 13.0 Å². The van der Waals surface area contributed by atoms with Crippen molar-refractivity contribution >= 4 is 54.9 Å². The van der Waals surface area contributed by atoms with E-state index in [2.05, 4.69) is 84.0 Å². The maximum absolute atomic E-state index is 14.2. The highest BCUT2D eigenvalue weighted by Crippen LogP contribution is 2.46. The monoisotopic (exact) mass is 597 g/mol. The van der Waals surface area contributed by atoms with E-state index in [-0.39, 0.29) is 0 Å². The van der Waals surface area contributed by atoms with E-state index in [1.165, 1.54) is 20.8 Å². The average Bonchev–Trinajstić information content (AvgIpc) is 3.56. The van der Waals surface area contributed by atoms with E-state index < -0.39 is 9.84 Å². The van der Waals surface area contributed by atoms with Crippen LogP contribution in [-0.4, -0.2) is 15.0 Å². The Bertz CT molecular complexity index is 1830. The number of hydrogen-bond acceptors (Lipinski definition) is 5. The van der Waals surface area contributed by atoms with Crippen LogP contribution in [0.15, 0.2) is 128 Å². The van der Waals surface area contributed by atoms with Gasteiger partial charge in [0.2, 0.25) is 15.4 Å². The Balaban J connectivity index is 1.46. The first-order valence-corrected chi connectivity index (χ1v) is 17.2. The van der Waals surface area contributed by atoms with Crippen LogP contribution < -0.4 is 9.47 Å². The number of sulfone groups is 1. The van der Waals surface area contributed by atoms with Crippen molar-refractivity contribution in [3.05, 3.63) is 123 Å². The van der Waals surface area contributed by atoms with Crippen LogP contribution in [-0.2, 0) is 16.4 Å². The number of hydrogen-bond donors (Lipinski definition) is 0. The van der Waals surface area contributed by atoms with Crippen molar-refractivity contribution in [2.75, 3.05) is 11.4 Å². The fourth-order valence-corrected chi connectivity index (χ4v) is 9.67. The summed E-state index contributed by atoms with van der Waals surface area (Å²) in [6.07, 6.45) is 10.7. The lowest BCUT2D eigenvalue weighted by Crippen LogP contribution is -2.33. The lowest BCUT2D eigenvalue weighted by Gasteiger charge is -2.22. The Morgan fingerprint density at radius 2 is 1.63 bits per heavy atom. The summed E-state index contributed by atoms with van der Waals surface area (Å²) in [5.41, 5.74) is 4.16. The molecule has 208 valence electrons. The van der Waals surface area contributed by atoms with Crippen molar-refractivity contribution in [2.24, 2.45) is 0 Å². The molecule has 41 heavy (non-hydrogen) atoms. The molecule has 0 saturated heterocycles. The zero-order valence-electron chi connectivity index (χ0n) is 23.3. The molecule has 0 atom stereocenters. The lowest BCUT2D eigenvalue weighted by atomic mass is 9.94. The highest BCUT2D eigenvalue weighted by Gasteiger charge is 2.30. The van der Waals surface area contributed by atoms with Gasteiger partial charge in [0.15, 0.2) is 0 Å². The van der Waals surface area contributed by atoms with Crippen LogP contribution in [0.1, 0.15) is 38.1 Å². The lowest BCUT2D eigenvalue weighted by molar-refractivity contribution is -0.665. The predicted octanol–water partition coefficient (Wildman–Crippen LogP) is 8.53. The molecule has 0 amide bonds. The van der Waals surface area contributed by atoms with Gasteiger partial charge in [-0.2, -0.15) is 4.57 Å². The molecular weight excluding hydrogens is 565 g/mol. The van der Waals surface area contributed by atoms with E-state index in [0.29, 0.717) is 9.80 Å². The molecule has 0 fully saturated rings. The highest BCUT2D eigenvalue weighted by molar-refractivity contribution is 8.03. The molecule has 1 aromatic heterocycles. The second-order valence-electron chi connectivity index (χ2n) is 10.0. The summed E-state index contributed by atoms with van der Waals surface area (Å²) in [7, 11) is -3.72. The topological polar surface area (TPSA) is 41.3 Å². The maximum Gasteiger partial charge on any atom is 0.262 e. The Kier molecular flexibility index (Phi) is 8.02. The molecule has 6 rings (SSSR count). The van der Waals surface area contributed by atoms with Crippen molar-refractivity contribution in [3.63, 3.8) is 0 Å². The minimum atomic E-state index is -3.72. The van der Waals surface area contributed by atoms with Crippen LogP contribution in [0.2, 0.25) is 0 Å². The van der Waals surface area contributed by atoms with Gasteiger partial charge >= 0.3 is 0 Å². The minimum absolute atomic E-state index is 0.338. The number of rotatable bonds is 7. The van der Waals surface area contributed by atoms with Crippen LogP contribution in [0, 0.1) is 0 Å². The van der Waals surface area contributed by atoms with E-state index in [1.54, 1.807) is 47.4 Å². The van der Waals surface area contributed by atoms with Gasteiger partial charge in [0.05, 0.1) is 20.5 Å². The first-order chi connectivity index (χ1) is 20.0. The number of thiazole rings is 1. The van der Waals surface area contributed by atoms with Crippen molar-refractivity contribution in [1.82, 2.24) is 0 Å². The summed E-state index contributed by atoms with van der Waals surface area (Å²) in [5, 5.41) is 2.24. The van der Waals surface area contributed by atoms with Gasteiger partial charge in [0, 0.05) is 23.6 Å². The molecule has 0 radical (unpaired) electrons. The summed E-state index contributed by atoms with van der Waals surface area (Å²) in [6.45, 7) is 6.00. The van der Waals surface area contributed by atoms with Gasteiger partial charge in [-0.25, -0.2) is 8.42 Å². The molecule has 0 saturated carbocycles. The number of benzene rings is 3. The Hall–Kier alpha value is -3.39. The maximum atomic E-state index is 14.2. The summed E-state index contributed by atoms with van der Waals surface area (Å²) < 4.78 is 31.9. The first-order valence-electron chi connectivity index (χ1n) is 14.1. The Labute approximate surface area is 251 Å². The highest BCUT2D eigenvalue weighted by atomic mass is 32.2. The fraction of sp³-hybridized carbons (Fsp3) is 0.206. The van der Waals surface area contributed by atoms with Gasteiger partial charge in [-0.15, -0.1) is 0 Å². The summed E-state index contributed by atoms with van der Waals surface area (Å²) in [4.78, 5) is 4.31. The third-order valence-electron chi connectivity index (χ3n) is 7.56. The van der Waals surface area contributed by atoms with Gasteiger partial charge in [-0.3, -0.25) is 0 Å². The number of fused-ring (bicyclic) bond motifs is 2. The van der Waals surface area contributed by atoms with Crippen LogP contribution in [0.3, 0.4) is 0 Å². The molecule has 4 aromatic rings. The van der Waals surface area contributed by atoms with E-state index >= 15 is 0 Å². The van der Waals surface area contributed by atoms with Gasteiger partial charge < -0.3 is 4.90 Å². The van der Waals surface area contributed by atoms with Gasteiger partial charge in [-0.1, -0.05) is 77.7 Å². The van der Waals surface area contributed by atoms with Crippen molar-refractivity contribution in [3.8, 4) is 0 Å². The SMILES string of the molecule is CCN1/C(=C/C=C2\CCCC(/C=C/c3sc4ccccc4[n+]3CC)=C2S(=O)(=O)c2ccccc2)Sc2ccccc21. The fourth-order valence-electron chi connectivity index (χ4n) is 5.63. The zero-order chi connectivity index (χ0) is 28.4. The van der Waals surface area contributed by atoms with Crippen LogP contribution >= 0.6 is 23.1 Å². The van der Waals surface area contributed by atoms with Gasteiger partial charge in [0.1, 0.15) is 11.2 Å². The van der Waals surface area contributed by atoms with Gasteiger partial charge in [-0.05, 0) is 80.7 Å². The normalized spacial score (nSPS) is 17.9. The van der Waals surface area contributed by atoms with E-state index in [0.717, 1.165) is 53.5 Å². The molecule has 7 heteroatoms. The summed E-state index contributed by atoms with van der Waals surface area (Å²) in [6, 6.07) is 25.7. The largest absolute Gasteiger partial charge is 0.335 e. The second kappa shape index (κ2) is 11.8. The van der Waals surface area contributed by atoms with Crippen LogP contribution in [0.4, 0.5) is 5.69 Å². The van der Waals surface area contributed by atoms with E-state index in [1.807, 2.05) is 18.2 Å². The molecule has 0 unspecified atom stereocenters. The average molecular weight is 598 g/mol. The van der Waals surface area contributed by atoms with Gasteiger partial charge in [0.25, 0.3) is 5.01 Å². The quantitative estimate of drug-likeness (QED) is 0.200. The molecule has 2 aliphatic rings. The molecule has 2 heterocycles. The van der Waals surface area contributed by atoms with E-state index in [9.17, 15) is 8.42 Å². The Morgan fingerprint density at radius 1 is 0.878 bits per heavy atom. The number of nitrogens with zero attached hydrogens (tertiary/aromatic N) is 2. The molecule has 3 aromatic carbocycles. The number of para-hydroxylation sites is 2. The molecule has 1 aliphatic heterocycles. The van der Waals surface area contributed by atoms with E-state index in [4.69, 9.17) is 0 Å². The summed E-state index contributed by atoms with van der Waals surface area (Å²) in [5.74, 6) is 0. The first kappa shape index (κ1) is 27.8. The molecule has 0 N–H and O–H groups in total. The minimum Gasteiger partial charge on any atom is -0.335 e. The van der Waals surface area contributed by atoms with Crippen molar-refractivity contribution in [2.45, 2.75) is 49.4 Å². The zero-order valence-corrected chi connectivity index (χ0v) is 25.7. The summed E-state index contributed by atoms with van der Waals surface area (Å²) >= 11 is 3.48. The molecule has 0 bridgehead atoms. The predicted molar refractivity (Wildman–Crippen MR) is 173 cm³/mol. The Morgan fingerprint density at radius 3 is 2.44 bits per heavy atom. The second-order valence-corrected chi connectivity index (χ2v) is 14.0. The van der Waals surface area contributed by atoms with Crippen LogP contribution in [0.5, 0.6) is 0 Å². The van der Waals surface area contributed by atoms with Crippen LogP contribution in [0.25, 0.3) is 16.3 Å². The number of aromatic nitrogens is 1. The number of aryl methyl sites for hydroxylation is 1. The molecular formula is C34H33N2O2S3+. The van der Waals surface area contributed by atoms with Crippen molar-refractivity contribution in [1.29, 1.82) is 0 Å². The molecule has 0 spiro atoms. The number of anilines is 1. The smallest absolute Gasteiger partial charge is 0.262 e. The molecule has 4 nitrogen and oxygen atoms in total. The third-order valence-corrected chi connectivity index (χ3v) is 11.8. The molecule has 1 aliphatic carbocycles. The third kappa shape index (κ3) is 5.34. The standard InChI is InChI=1S/C34H33N2O2S3/c1-3-35-28-17-8-10-19-30(28)39-32(35)23-21-25-13-12-14-26(34(25)41(37,38)27-15-6-5-7-16-27)22-24-33-36(4-2)29-18-9-11-20-31(29)40-33/h5-11,15-24H,3-4,12-14H2,1-2H3/q+1. The number of thioether (sulfide) groups is 1.